The van der Waals surface area contributed by atoms with Gasteiger partial charge in [0.1, 0.15) is 5.82 Å². The summed E-state index contributed by atoms with van der Waals surface area (Å²) in [5.74, 6) is 2.80. The molecule has 150 valence electrons. The zero-order valence-corrected chi connectivity index (χ0v) is 17.4. The molecule has 27 heavy (non-hydrogen) atoms. The smallest absolute Gasteiger partial charge is 0.239 e. The van der Waals surface area contributed by atoms with E-state index in [9.17, 15) is 4.79 Å². The van der Waals surface area contributed by atoms with Crippen LogP contribution in [-0.2, 0) is 4.79 Å². The SMILES string of the molecule is CC(C)c1nc(N(C)C)nc(N2CCN(C(C)C(=O)N3CCCC3)CC2)n1. The van der Waals surface area contributed by atoms with Crippen LogP contribution in [0.4, 0.5) is 11.9 Å². The zero-order valence-electron chi connectivity index (χ0n) is 17.4. The van der Waals surface area contributed by atoms with Crippen molar-refractivity contribution in [2.45, 2.75) is 45.6 Å². The van der Waals surface area contributed by atoms with Gasteiger partial charge in [-0.05, 0) is 19.8 Å². The van der Waals surface area contributed by atoms with Crippen LogP contribution < -0.4 is 9.80 Å². The highest BCUT2D eigenvalue weighted by Crippen LogP contribution is 2.20. The summed E-state index contributed by atoms with van der Waals surface area (Å²) in [7, 11) is 3.90. The van der Waals surface area contributed by atoms with Crippen LogP contribution in [0.25, 0.3) is 0 Å². The van der Waals surface area contributed by atoms with Gasteiger partial charge in [-0.3, -0.25) is 9.69 Å². The van der Waals surface area contributed by atoms with Crippen molar-refractivity contribution in [1.82, 2.24) is 24.8 Å². The van der Waals surface area contributed by atoms with E-state index in [1.54, 1.807) is 0 Å². The van der Waals surface area contributed by atoms with E-state index in [0.717, 1.165) is 63.9 Å². The van der Waals surface area contributed by atoms with Gasteiger partial charge < -0.3 is 14.7 Å². The van der Waals surface area contributed by atoms with E-state index in [0.29, 0.717) is 5.95 Å². The van der Waals surface area contributed by atoms with Crippen LogP contribution in [-0.4, -0.2) is 90.1 Å². The van der Waals surface area contributed by atoms with Crippen LogP contribution in [0, 0.1) is 0 Å². The van der Waals surface area contributed by atoms with Crippen LogP contribution in [0.3, 0.4) is 0 Å². The molecule has 0 spiro atoms. The number of rotatable bonds is 5. The standard InChI is InChI=1S/C19H33N7O/c1-14(2)16-20-18(23(4)5)22-19(21-16)26-12-10-24(11-13-26)15(3)17(27)25-8-6-7-9-25/h14-15H,6-13H2,1-5H3. The minimum atomic E-state index is -0.0489. The Bertz CT molecular complexity index is 623. The Morgan fingerprint density at radius 3 is 2.11 bits per heavy atom. The second-order valence-electron chi connectivity index (χ2n) is 8.07. The van der Waals surface area contributed by atoms with E-state index in [-0.39, 0.29) is 17.9 Å². The van der Waals surface area contributed by atoms with Crippen LogP contribution in [0.1, 0.15) is 45.4 Å². The fraction of sp³-hybridized carbons (Fsp3) is 0.789. The van der Waals surface area contributed by atoms with E-state index in [1.807, 2.05) is 30.8 Å². The Morgan fingerprint density at radius 2 is 1.56 bits per heavy atom. The third-order valence-corrected chi connectivity index (χ3v) is 5.47. The van der Waals surface area contributed by atoms with Gasteiger partial charge in [-0.15, -0.1) is 0 Å². The van der Waals surface area contributed by atoms with E-state index in [4.69, 9.17) is 4.98 Å². The molecule has 1 atom stereocenters. The summed E-state index contributed by atoms with van der Waals surface area (Å²) in [4.78, 5) is 35.0. The van der Waals surface area contributed by atoms with Crippen molar-refractivity contribution in [3.8, 4) is 0 Å². The lowest BCUT2D eigenvalue weighted by molar-refractivity contribution is -0.135. The van der Waals surface area contributed by atoms with Gasteiger partial charge >= 0.3 is 0 Å². The predicted octanol–water partition coefficient (Wildman–Crippen LogP) is 1.19. The van der Waals surface area contributed by atoms with Crippen molar-refractivity contribution in [1.29, 1.82) is 0 Å². The molecule has 1 amide bonds. The summed E-state index contributed by atoms with van der Waals surface area (Å²) >= 11 is 0. The molecular formula is C19H33N7O. The number of amides is 1. The lowest BCUT2D eigenvalue weighted by Gasteiger charge is -2.38. The van der Waals surface area contributed by atoms with Gasteiger partial charge in [0.05, 0.1) is 6.04 Å². The Morgan fingerprint density at radius 1 is 0.926 bits per heavy atom. The first-order chi connectivity index (χ1) is 12.9. The van der Waals surface area contributed by atoms with Gasteiger partial charge in [0.25, 0.3) is 0 Å². The molecule has 8 heteroatoms. The van der Waals surface area contributed by atoms with Crippen molar-refractivity contribution in [3.05, 3.63) is 5.82 Å². The quantitative estimate of drug-likeness (QED) is 0.766. The number of hydrogen-bond donors (Lipinski definition) is 0. The van der Waals surface area contributed by atoms with Gasteiger partial charge in [0, 0.05) is 59.3 Å². The van der Waals surface area contributed by atoms with Crippen molar-refractivity contribution >= 4 is 17.8 Å². The van der Waals surface area contributed by atoms with Gasteiger partial charge in [-0.25, -0.2) is 0 Å². The Kier molecular flexibility index (Phi) is 6.14. The Labute approximate surface area is 162 Å². The van der Waals surface area contributed by atoms with Crippen LogP contribution in [0.15, 0.2) is 0 Å². The maximum absolute atomic E-state index is 12.7. The fourth-order valence-electron chi connectivity index (χ4n) is 3.64. The second kappa shape index (κ2) is 8.37. The fourth-order valence-corrected chi connectivity index (χ4v) is 3.64. The molecule has 8 nitrogen and oxygen atoms in total. The summed E-state index contributed by atoms with van der Waals surface area (Å²) in [6, 6.07) is -0.0489. The maximum Gasteiger partial charge on any atom is 0.239 e. The number of likely N-dealkylation sites (tertiary alicyclic amines) is 1. The first kappa shape index (κ1) is 19.8. The third kappa shape index (κ3) is 4.48. The van der Waals surface area contributed by atoms with Crippen molar-refractivity contribution in [2.75, 3.05) is 63.2 Å². The molecule has 2 aliphatic rings. The number of piperazine rings is 1. The average molecular weight is 376 g/mol. The van der Waals surface area contributed by atoms with E-state index in [2.05, 4.69) is 33.6 Å². The van der Waals surface area contributed by atoms with Crippen LogP contribution in [0.5, 0.6) is 0 Å². The minimum Gasteiger partial charge on any atom is -0.347 e. The van der Waals surface area contributed by atoms with Gasteiger partial charge in [-0.2, -0.15) is 15.0 Å². The van der Waals surface area contributed by atoms with Gasteiger partial charge in [-0.1, -0.05) is 13.8 Å². The van der Waals surface area contributed by atoms with Gasteiger partial charge in [0.15, 0.2) is 0 Å². The molecule has 2 saturated heterocycles. The second-order valence-corrected chi connectivity index (χ2v) is 8.07. The molecule has 3 heterocycles. The summed E-state index contributed by atoms with van der Waals surface area (Å²) in [6.07, 6.45) is 2.27. The molecule has 3 rings (SSSR count). The molecule has 1 aromatic heterocycles. The highest BCUT2D eigenvalue weighted by atomic mass is 16.2. The van der Waals surface area contributed by atoms with E-state index < -0.39 is 0 Å². The highest BCUT2D eigenvalue weighted by molar-refractivity contribution is 5.81. The number of hydrogen-bond acceptors (Lipinski definition) is 7. The zero-order chi connectivity index (χ0) is 19.6. The molecule has 0 aromatic carbocycles. The summed E-state index contributed by atoms with van der Waals surface area (Å²) < 4.78 is 0. The number of carbonyl (C=O) groups excluding carboxylic acids is 1. The number of nitrogens with zero attached hydrogens (tertiary/aromatic N) is 7. The third-order valence-electron chi connectivity index (χ3n) is 5.47. The lowest BCUT2D eigenvalue weighted by atomic mass is 10.2. The molecule has 2 fully saturated rings. The Balaban J connectivity index is 1.65. The molecule has 0 radical (unpaired) electrons. The van der Waals surface area contributed by atoms with Crippen LogP contribution >= 0.6 is 0 Å². The molecule has 0 bridgehead atoms. The lowest BCUT2D eigenvalue weighted by Crippen LogP contribution is -2.54. The maximum atomic E-state index is 12.7. The molecule has 0 aliphatic carbocycles. The number of carbonyl (C=O) groups is 1. The highest BCUT2D eigenvalue weighted by Gasteiger charge is 2.30. The van der Waals surface area contributed by atoms with E-state index in [1.165, 1.54) is 0 Å². The number of aromatic nitrogens is 3. The van der Waals surface area contributed by atoms with Gasteiger partial charge in [0.2, 0.25) is 17.8 Å². The predicted molar refractivity (Wildman–Crippen MR) is 107 cm³/mol. The van der Waals surface area contributed by atoms with Crippen LogP contribution in [0.2, 0.25) is 0 Å². The molecule has 0 N–H and O–H groups in total. The van der Waals surface area contributed by atoms with E-state index >= 15 is 0 Å². The Hall–Kier alpha value is -1.96. The average Bonchev–Trinajstić information content (AvgIpc) is 3.21. The first-order valence-corrected chi connectivity index (χ1v) is 10.1. The monoisotopic (exact) mass is 375 g/mol. The van der Waals surface area contributed by atoms with Crippen molar-refractivity contribution in [3.63, 3.8) is 0 Å². The molecular weight excluding hydrogens is 342 g/mol. The first-order valence-electron chi connectivity index (χ1n) is 10.1. The largest absolute Gasteiger partial charge is 0.347 e. The molecule has 1 aromatic rings. The molecule has 1 unspecified atom stereocenters. The summed E-state index contributed by atoms with van der Waals surface area (Å²) in [6.45, 7) is 11.4. The molecule has 0 saturated carbocycles. The topological polar surface area (TPSA) is 68.7 Å². The molecule has 2 aliphatic heterocycles. The van der Waals surface area contributed by atoms with Crippen molar-refractivity contribution < 1.29 is 4.79 Å². The number of anilines is 2. The minimum absolute atomic E-state index is 0.0489. The normalized spacial score (nSPS) is 19.6. The summed E-state index contributed by atoms with van der Waals surface area (Å²) in [5.41, 5.74) is 0. The summed E-state index contributed by atoms with van der Waals surface area (Å²) in [5, 5.41) is 0. The van der Waals surface area contributed by atoms with Crippen molar-refractivity contribution in [2.24, 2.45) is 0 Å².